The van der Waals surface area contributed by atoms with E-state index in [0.717, 1.165) is 33.4 Å². The van der Waals surface area contributed by atoms with Crippen LogP contribution in [0.3, 0.4) is 0 Å². The normalized spacial score (nSPS) is 11.1. The number of nitrogens with zero attached hydrogens (tertiary/aromatic N) is 5. The Morgan fingerprint density at radius 1 is 1.30 bits per heavy atom. The highest BCUT2D eigenvalue weighted by Gasteiger charge is 2.20. The second-order valence-corrected chi connectivity index (χ2v) is 6.64. The Morgan fingerprint density at radius 2 is 2.00 bits per heavy atom. The molecule has 0 unspecified atom stereocenters. The molecule has 0 saturated carbocycles. The van der Waals surface area contributed by atoms with Gasteiger partial charge in [-0.15, -0.1) is 0 Å². The van der Waals surface area contributed by atoms with Gasteiger partial charge in [0.05, 0.1) is 11.1 Å². The summed E-state index contributed by atoms with van der Waals surface area (Å²) in [6.07, 6.45) is 2.72. The summed E-state index contributed by atoms with van der Waals surface area (Å²) in [5.74, 6) is -0.286. The van der Waals surface area contributed by atoms with E-state index in [1.165, 1.54) is 0 Å². The molecule has 3 N–H and O–H groups in total. The van der Waals surface area contributed by atoms with Crippen LogP contribution in [0.25, 0.3) is 5.69 Å². The van der Waals surface area contributed by atoms with Crippen LogP contribution in [0, 0.1) is 24.0 Å². The van der Waals surface area contributed by atoms with Gasteiger partial charge >= 0.3 is 5.69 Å². The molecule has 2 aromatic heterocycles. The number of aryl methyl sites for hydroxylation is 1. The molecule has 0 spiro atoms. The fourth-order valence-electron chi connectivity index (χ4n) is 2.72. The van der Waals surface area contributed by atoms with E-state index in [1.54, 1.807) is 6.21 Å². The molecule has 0 bridgehead atoms. The van der Waals surface area contributed by atoms with Crippen molar-refractivity contribution < 1.29 is 4.92 Å². The third-order valence-electron chi connectivity index (χ3n) is 3.96. The zero-order valence-corrected chi connectivity index (χ0v) is 16.1. The highest BCUT2D eigenvalue weighted by Crippen LogP contribution is 2.26. The number of benzene rings is 1. The summed E-state index contributed by atoms with van der Waals surface area (Å²) in [6.45, 7) is 3.97. The molecular formula is C17H16BrN7O2. The Balaban J connectivity index is 1.87. The number of nitrogen functional groups attached to an aromatic ring is 1. The van der Waals surface area contributed by atoms with Crippen molar-refractivity contribution in [1.29, 1.82) is 0 Å². The van der Waals surface area contributed by atoms with Crippen LogP contribution in [-0.2, 0) is 0 Å². The van der Waals surface area contributed by atoms with Crippen molar-refractivity contribution in [3.8, 4) is 5.69 Å². The number of anilines is 2. The molecule has 0 aliphatic rings. The van der Waals surface area contributed by atoms with Crippen molar-refractivity contribution in [2.75, 3.05) is 11.2 Å². The van der Waals surface area contributed by atoms with Crippen LogP contribution in [0.15, 0.2) is 46.2 Å². The standard InChI is InChI=1S/C17H16BrN7O2/c1-10-7-12(11(2)24(10)14-5-3-13(18)4-6-14)8-22-23-17-15(25(26)27)16(19)20-9-21-17/h3-9H,1-2H3,(H3,19,20,21,23)/b22-8+. The zero-order chi connectivity index (χ0) is 19.6. The molecule has 0 atom stereocenters. The Hall–Kier alpha value is -3.27. The molecule has 3 rings (SSSR count). The summed E-state index contributed by atoms with van der Waals surface area (Å²) in [4.78, 5) is 17.9. The first kappa shape index (κ1) is 18.5. The third-order valence-corrected chi connectivity index (χ3v) is 4.49. The molecule has 2 heterocycles. The predicted molar refractivity (Wildman–Crippen MR) is 107 cm³/mol. The molecular weight excluding hydrogens is 414 g/mol. The van der Waals surface area contributed by atoms with Crippen LogP contribution in [0.2, 0.25) is 0 Å². The van der Waals surface area contributed by atoms with Gasteiger partial charge in [-0.3, -0.25) is 15.5 Å². The topological polar surface area (TPSA) is 124 Å². The number of hydrogen-bond acceptors (Lipinski definition) is 7. The summed E-state index contributed by atoms with van der Waals surface area (Å²) in [7, 11) is 0. The van der Waals surface area contributed by atoms with Crippen molar-refractivity contribution >= 4 is 39.5 Å². The van der Waals surface area contributed by atoms with Crippen LogP contribution >= 0.6 is 15.9 Å². The molecule has 9 nitrogen and oxygen atoms in total. The van der Waals surface area contributed by atoms with E-state index in [1.807, 2.05) is 44.2 Å². The maximum absolute atomic E-state index is 11.1. The summed E-state index contributed by atoms with van der Waals surface area (Å²) in [6, 6.07) is 9.95. The SMILES string of the molecule is Cc1cc(/C=N/Nc2ncnc(N)c2[N+](=O)[O-])c(C)n1-c1ccc(Br)cc1. The van der Waals surface area contributed by atoms with E-state index in [-0.39, 0.29) is 11.6 Å². The van der Waals surface area contributed by atoms with Gasteiger partial charge in [0.2, 0.25) is 11.6 Å². The Bertz CT molecular complexity index is 1030. The quantitative estimate of drug-likeness (QED) is 0.362. The van der Waals surface area contributed by atoms with E-state index in [9.17, 15) is 10.1 Å². The molecule has 3 aromatic rings. The van der Waals surface area contributed by atoms with Gasteiger partial charge in [0.1, 0.15) is 6.33 Å². The number of rotatable bonds is 5. The molecule has 27 heavy (non-hydrogen) atoms. The Kier molecular flexibility index (Phi) is 5.17. The first-order valence-electron chi connectivity index (χ1n) is 7.87. The van der Waals surface area contributed by atoms with Gasteiger partial charge in [-0.25, -0.2) is 9.97 Å². The van der Waals surface area contributed by atoms with Crippen molar-refractivity contribution in [3.05, 3.63) is 68.2 Å². The fourth-order valence-corrected chi connectivity index (χ4v) is 2.99. The van der Waals surface area contributed by atoms with E-state index in [0.29, 0.717) is 0 Å². The van der Waals surface area contributed by atoms with Gasteiger partial charge < -0.3 is 10.3 Å². The predicted octanol–water partition coefficient (Wildman–Crippen LogP) is 3.58. The molecule has 138 valence electrons. The summed E-state index contributed by atoms with van der Waals surface area (Å²) >= 11 is 3.43. The van der Waals surface area contributed by atoms with E-state index in [2.05, 4.69) is 41.0 Å². The monoisotopic (exact) mass is 429 g/mol. The average Bonchev–Trinajstić information content (AvgIpc) is 2.89. The van der Waals surface area contributed by atoms with Crippen molar-refractivity contribution in [1.82, 2.24) is 14.5 Å². The van der Waals surface area contributed by atoms with Crippen LogP contribution in [0.5, 0.6) is 0 Å². The van der Waals surface area contributed by atoms with Gasteiger partial charge in [-0.2, -0.15) is 5.10 Å². The van der Waals surface area contributed by atoms with E-state index < -0.39 is 10.6 Å². The smallest absolute Gasteiger partial charge is 0.354 e. The molecule has 0 aliphatic heterocycles. The van der Waals surface area contributed by atoms with Crippen LogP contribution in [0.1, 0.15) is 17.0 Å². The van der Waals surface area contributed by atoms with E-state index >= 15 is 0 Å². The number of nitro groups is 1. The molecule has 10 heteroatoms. The molecule has 0 saturated heterocycles. The minimum Gasteiger partial charge on any atom is -0.378 e. The third kappa shape index (κ3) is 3.80. The molecule has 0 amide bonds. The van der Waals surface area contributed by atoms with Gasteiger partial charge in [0.15, 0.2) is 0 Å². The second-order valence-electron chi connectivity index (χ2n) is 5.72. The lowest BCUT2D eigenvalue weighted by molar-refractivity contribution is -0.383. The van der Waals surface area contributed by atoms with Crippen LogP contribution in [0.4, 0.5) is 17.3 Å². The highest BCUT2D eigenvalue weighted by molar-refractivity contribution is 9.10. The Morgan fingerprint density at radius 3 is 2.67 bits per heavy atom. The highest BCUT2D eigenvalue weighted by atomic mass is 79.9. The second kappa shape index (κ2) is 7.54. The molecule has 0 aliphatic carbocycles. The number of aromatic nitrogens is 3. The average molecular weight is 430 g/mol. The van der Waals surface area contributed by atoms with E-state index in [4.69, 9.17) is 5.73 Å². The van der Waals surface area contributed by atoms with Gasteiger partial charge in [0, 0.05) is 27.1 Å². The first-order valence-corrected chi connectivity index (χ1v) is 8.66. The van der Waals surface area contributed by atoms with Crippen LogP contribution < -0.4 is 11.2 Å². The Labute approximate surface area is 163 Å². The lowest BCUT2D eigenvalue weighted by Gasteiger charge is -2.09. The lowest BCUT2D eigenvalue weighted by Crippen LogP contribution is -2.05. The zero-order valence-electron chi connectivity index (χ0n) is 14.5. The maximum Gasteiger partial charge on any atom is 0.354 e. The minimum absolute atomic E-state index is 0.0644. The van der Waals surface area contributed by atoms with Crippen LogP contribution in [-0.4, -0.2) is 25.7 Å². The lowest BCUT2D eigenvalue weighted by atomic mass is 10.2. The number of nitrogens with one attached hydrogen (secondary N) is 1. The van der Waals surface area contributed by atoms with Gasteiger partial charge in [0.25, 0.3) is 0 Å². The van der Waals surface area contributed by atoms with Crippen molar-refractivity contribution in [2.45, 2.75) is 13.8 Å². The van der Waals surface area contributed by atoms with Crippen molar-refractivity contribution in [2.24, 2.45) is 5.10 Å². The largest absolute Gasteiger partial charge is 0.378 e. The minimum atomic E-state index is -0.646. The number of halogens is 1. The summed E-state index contributed by atoms with van der Waals surface area (Å²) in [5.41, 5.74) is 11.6. The molecule has 0 radical (unpaired) electrons. The van der Waals surface area contributed by atoms with Gasteiger partial charge in [-0.05, 0) is 44.2 Å². The molecule has 0 fully saturated rings. The summed E-state index contributed by atoms with van der Waals surface area (Å²) < 4.78 is 3.10. The first-order chi connectivity index (χ1) is 12.9. The number of hydrogen-bond donors (Lipinski definition) is 2. The fraction of sp³-hybridized carbons (Fsp3) is 0.118. The number of nitrogens with two attached hydrogens (primary N) is 1. The maximum atomic E-state index is 11.1. The summed E-state index contributed by atoms with van der Waals surface area (Å²) in [5, 5.41) is 15.2. The molecule has 1 aromatic carbocycles. The van der Waals surface area contributed by atoms with Crippen molar-refractivity contribution in [3.63, 3.8) is 0 Å². The number of hydrazone groups is 1. The van der Waals surface area contributed by atoms with Gasteiger partial charge in [-0.1, -0.05) is 15.9 Å².